The Morgan fingerprint density at radius 2 is 1.89 bits per heavy atom. The van der Waals surface area contributed by atoms with Gasteiger partial charge in [0.05, 0.1) is 4.90 Å². The number of benzene rings is 1. The molecule has 0 aliphatic rings. The van der Waals surface area contributed by atoms with Crippen molar-refractivity contribution in [1.82, 2.24) is 4.31 Å². The third-order valence-electron chi connectivity index (χ3n) is 2.97. The summed E-state index contributed by atoms with van der Waals surface area (Å²) >= 11 is 0. The van der Waals surface area contributed by atoms with Crippen LogP contribution in [0.3, 0.4) is 0 Å². The van der Waals surface area contributed by atoms with Crippen molar-refractivity contribution in [2.75, 3.05) is 6.54 Å². The summed E-state index contributed by atoms with van der Waals surface area (Å²) in [6.07, 6.45) is 0.366. The predicted molar refractivity (Wildman–Crippen MR) is 75.8 cm³/mol. The fourth-order valence-electron chi connectivity index (χ4n) is 1.98. The van der Waals surface area contributed by atoms with Gasteiger partial charge in [-0.05, 0) is 26.0 Å². The van der Waals surface area contributed by atoms with Gasteiger partial charge in [-0.2, -0.15) is 4.31 Å². The van der Waals surface area contributed by atoms with E-state index in [2.05, 4.69) is 0 Å². The summed E-state index contributed by atoms with van der Waals surface area (Å²) in [5, 5.41) is 0. The highest BCUT2D eigenvalue weighted by Gasteiger charge is 2.25. The van der Waals surface area contributed by atoms with Gasteiger partial charge in [0, 0.05) is 24.6 Å². The zero-order valence-corrected chi connectivity index (χ0v) is 12.7. The number of hydrogen-bond donors (Lipinski definition) is 0. The van der Waals surface area contributed by atoms with Gasteiger partial charge in [-0.3, -0.25) is 4.79 Å². The minimum absolute atomic E-state index is 0.0513. The third kappa shape index (κ3) is 3.42. The fourth-order valence-corrected chi connectivity index (χ4v) is 3.67. The first kappa shape index (κ1) is 15.9. The number of rotatable bonds is 6. The van der Waals surface area contributed by atoms with Crippen LogP contribution in [0.25, 0.3) is 0 Å². The molecule has 0 saturated heterocycles. The Morgan fingerprint density at radius 3 is 2.37 bits per heavy atom. The van der Waals surface area contributed by atoms with E-state index in [9.17, 15) is 13.2 Å². The fraction of sp³-hybridized carbons (Fsp3) is 0.500. The third-order valence-corrected chi connectivity index (χ3v) is 5.12. The van der Waals surface area contributed by atoms with Gasteiger partial charge >= 0.3 is 0 Å². The van der Waals surface area contributed by atoms with Crippen LogP contribution in [0.5, 0.6) is 0 Å². The van der Waals surface area contributed by atoms with Crippen LogP contribution in [0.4, 0.5) is 0 Å². The van der Waals surface area contributed by atoms with Crippen LogP contribution in [0, 0.1) is 0 Å². The largest absolute Gasteiger partial charge is 0.294 e. The van der Waals surface area contributed by atoms with Crippen LogP contribution in [0.1, 0.15) is 44.5 Å². The van der Waals surface area contributed by atoms with Crippen molar-refractivity contribution < 1.29 is 13.2 Å². The molecule has 0 fully saturated rings. The molecule has 0 bridgehead atoms. The first-order valence-electron chi connectivity index (χ1n) is 6.49. The number of carbonyl (C=O) groups excluding carboxylic acids is 1. The SMILES string of the molecule is CCC(=O)c1cccc(S(=O)(=O)N(CC)C(C)C)c1. The Morgan fingerprint density at radius 1 is 1.26 bits per heavy atom. The second kappa shape index (κ2) is 6.30. The lowest BCUT2D eigenvalue weighted by Crippen LogP contribution is -2.36. The van der Waals surface area contributed by atoms with E-state index in [1.807, 2.05) is 13.8 Å². The average Bonchev–Trinajstić information content (AvgIpc) is 2.38. The molecule has 0 aliphatic heterocycles. The zero-order valence-electron chi connectivity index (χ0n) is 11.9. The molecule has 1 aromatic carbocycles. The van der Waals surface area contributed by atoms with Crippen LogP contribution in [0.15, 0.2) is 29.2 Å². The van der Waals surface area contributed by atoms with Crippen molar-refractivity contribution in [3.8, 4) is 0 Å². The van der Waals surface area contributed by atoms with Crippen molar-refractivity contribution in [1.29, 1.82) is 0 Å². The summed E-state index contributed by atoms with van der Waals surface area (Å²) in [7, 11) is -3.53. The summed E-state index contributed by atoms with van der Waals surface area (Å²) in [6, 6.07) is 6.15. The van der Waals surface area contributed by atoms with Gasteiger partial charge in [0.2, 0.25) is 10.0 Å². The Kier molecular flexibility index (Phi) is 5.26. The summed E-state index contributed by atoms with van der Waals surface area (Å²) in [5.41, 5.74) is 0.448. The Labute approximate surface area is 115 Å². The normalized spacial score (nSPS) is 12.1. The molecule has 0 saturated carbocycles. The van der Waals surface area contributed by atoms with Gasteiger partial charge in [-0.15, -0.1) is 0 Å². The lowest BCUT2D eigenvalue weighted by molar-refractivity contribution is 0.0988. The number of Topliss-reactive ketones (excluding diaryl/α,β-unsaturated/α-hetero) is 1. The van der Waals surface area contributed by atoms with Gasteiger partial charge in [-0.25, -0.2) is 8.42 Å². The Hall–Kier alpha value is -1.20. The van der Waals surface area contributed by atoms with Crippen LogP contribution in [-0.2, 0) is 10.0 Å². The monoisotopic (exact) mass is 283 g/mol. The molecular formula is C14H21NO3S. The quantitative estimate of drug-likeness (QED) is 0.754. The number of hydrogen-bond acceptors (Lipinski definition) is 3. The van der Waals surface area contributed by atoms with Crippen molar-refractivity contribution in [2.24, 2.45) is 0 Å². The predicted octanol–water partition coefficient (Wildman–Crippen LogP) is 2.70. The van der Waals surface area contributed by atoms with Crippen LogP contribution < -0.4 is 0 Å². The minimum Gasteiger partial charge on any atom is -0.294 e. The first-order chi connectivity index (χ1) is 8.84. The van der Waals surface area contributed by atoms with Gasteiger partial charge in [0.25, 0.3) is 0 Å². The summed E-state index contributed by atoms with van der Waals surface area (Å²) in [4.78, 5) is 11.8. The second-order valence-corrected chi connectivity index (χ2v) is 6.50. The maximum atomic E-state index is 12.5. The van der Waals surface area contributed by atoms with E-state index >= 15 is 0 Å². The van der Waals surface area contributed by atoms with E-state index in [0.717, 1.165) is 0 Å². The molecule has 0 aromatic heterocycles. The molecule has 0 atom stereocenters. The molecule has 0 spiro atoms. The number of nitrogens with zero attached hydrogens (tertiary/aromatic N) is 1. The highest BCUT2D eigenvalue weighted by atomic mass is 32.2. The number of carbonyl (C=O) groups is 1. The highest BCUT2D eigenvalue weighted by molar-refractivity contribution is 7.89. The van der Waals surface area contributed by atoms with E-state index in [-0.39, 0.29) is 16.7 Å². The Balaban J connectivity index is 3.25. The van der Waals surface area contributed by atoms with Crippen LogP contribution in [-0.4, -0.2) is 31.1 Å². The molecule has 106 valence electrons. The van der Waals surface area contributed by atoms with E-state index in [0.29, 0.717) is 18.5 Å². The molecule has 0 heterocycles. The number of ketones is 1. The van der Waals surface area contributed by atoms with E-state index in [4.69, 9.17) is 0 Å². The van der Waals surface area contributed by atoms with E-state index in [1.165, 1.54) is 16.4 Å². The molecule has 0 radical (unpaired) electrons. The number of sulfonamides is 1. The van der Waals surface area contributed by atoms with Gasteiger partial charge in [-0.1, -0.05) is 26.0 Å². The maximum Gasteiger partial charge on any atom is 0.243 e. The molecule has 0 unspecified atom stereocenters. The van der Waals surface area contributed by atoms with E-state index < -0.39 is 10.0 Å². The molecule has 0 N–H and O–H groups in total. The molecular weight excluding hydrogens is 262 g/mol. The minimum atomic E-state index is -3.53. The van der Waals surface area contributed by atoms with Crippen molar-refractivity contribution in [3.05, 3.63) is 29.8 Å². The van der Waals surface area contributed by atoms with Crippen molar-refractivity contribution in [2.45, 2.75) is 45.1 Å². The van der Waals surface area contributed by atoms with Gasteiger partial charge in [0.1, 0.15) is 0 Å². The molecule has 0 aliphatic carbocycles. The standard InChI is InChI=1S/C14H21NO3S/c1-5-14(16)12-8-7-9-13(10-12)19(17,18)15(6-2)11(3)4/h7-11H,5-6H2,1-4H3. The first-order valence-corrected chi connectivity index (χ1v) is 7.93. The molecule has 5 heteroatoms. The Bertz CT molecular complexity index is 550. The average molecular weight is 283 g/mol. The van der Waals surface area contributed by atoms with Crippen molar-refractivity contribution >= 4 is 15.8 Å². The summed E-state index contributed by atoms with van der Waals surface area (Å²) < 4.78 is 26.4. The molecule has 0 amide bonds. The molecule has 1 aromatic rings. The van der Waals surface area contributed by atoms with Crippen molar-refractivity contribution in [3.63, 3.8) is 0 Å². The molecule has 19 heavy (non-hydrogen) atoms. The van der Waals surface area contributed by atoms with E-state index in [1.54, 1.807) is 26.0 Å². The topological polar surface area (TPSA) is 54.5 Å². The lowest BCUT2D eigenvalue weighted by Gasteiger charge is -2.24. The summed E-state index contributed by atoms with van der Waals surface area (Å²) in [6.45, 7) is 7.64. The van der Waals surface area contributed by atoms with Crippen LogP contribution >= 0.6 is 0 Å². The smallest absolute Gasteiger partial charge is 0.243 e. The molecule has 4 nitrogen and oxygen atoms in total. The zero-order chi connectivity index (χ0) is 14.6. The van der Waals surface area contributed by atoms with Gasteiger partial charge < -0.3 is 0 Å². The molecule has 1 rings (SSSR count). The highest BCUT2D eigenvalue weighted by Crippen LogP contribution is 2.19. The van der Waals surface area contributed by atoms with Crippen LogP contribution in [0.2, 0.25) is 0 Å². The second-order valence-electron chi connectivity index (χ2n) is 4.61. The summed E-state index contributed by atoms with van der Waals surface area (Å²) in [5.74, 6) is -0.0513. The lowest BCUT2D eigenvalue weighted by atomic mass is 10.1. The van der Waals surface area contributed by atoms with Gasteiger partial charge in [0.15, 0.2) is 5.78 Å². The maximum absolute atomic E-state index is 12.5.